The van der Waals surface area contributed by atoms with E-state index < -0.39 is 206 Å². The second-order valence-electron chi connectivity index (χ2n) is 26.1. The van der Waals surface area contributed by atoms with E-state index in [2.05, 4.69) is 40.7 Å². The van der Waals surface area contributed by atoms with Crippen molar-refractivity contribution in [2.75, 3.05) is 26.4 Å². The van der Waals surface area contributed by atoms with E-state index in [9.17, 15) is 81.4 Å². The molecule has 9 rings (SSSR count). The maximum absolute atomic E-state index is 15.5. The number of aliphatic hydroxyl groups excluding tert-OH is 15. The van der Waals surface area contributed by atoms with Crippen LogP contribution in [-0.2, 0) is 47.5 Å². The average Bonchev–Trinajstić information content (AvgIpc) is 3.58. The van der Waals surface area contributed by atoms with Crippen molar-refractivity contribution in [3.05, 3.63) is 11.6 Å². The van der Waals surface area contributed by atoms with Gasteiger partial charge in [0.15, 0.2) is 12.6 Å². The van der Waals surface area contributed by atoms with E-state index in [0.29, 0.717) is 57.8 Å². The Labute approximate surface area is 457 Å². The summed E-state index contributed by atoms with van der Waals surface area (Å²) in [6.07, 6.45) is -29.1. The van der Waals surface area contributed by atoms with E-state index in [1.54, 1.807) is 6.92 Å². The summed E-state index contributed by atoms with van der Waals surface area (Å²) < 4.78 is 46.5. The third kappa shape index (κ3) is 9.95. The topological polar surface area (TPSA) is 411 Å². The van der Waals surface area contributed by atoms with Crippen LogP contribution in [0.1, 0.15) is 106 Å². The van der Waals surface area contributed by atoms with Crippen LogP contribution in [-0.4, -0.2) is 244 Å². The van der Waals surface area contributed by atoms with Crippen molar-refractivity contribution >= 4 is 11.9 Å². The highest BCUT2D eigenvalue weighted by Gasteiger charge is 2.72. The SMILES string of the molecule is CC1(C)CC[C@]2(C(=O)O[C@H]3O[C@@H](CO[C@H]4O[C@@H](CO)[C@H](O)[C@@H](O)[C@@H]4O)[C@@H](O)[C@@H](O[C@H]4O[C@@H](CO)[C@H](O)[C@@H](O)[C@@H]4O)[C@@H]3O)CC[C@]3(C)C(=CC[C@@H]4[C@@]5(C)CC[C@H](O)[C@@](C)(C(=O)O[C@@H]6O[C@H](CO)[C@H](O)[C@H](O)[C@H]6O)[C@H]5CC[C@]43C)[C@@H]2C1. The molecule has 0 aromatic carbocycles. The predicted molar refractivity (Wildman–Crippen MR) is 264 cm³/mol. The largest absolute Gasteiger partial charge is 0.432 e. The summed E-state index contributed by atoms with van der Waals surface area (Å²) in [4.78, 5) is 30.0. The lowest BCUT2D eigenvalue weighted by molar-refractivity contribution is -0.363. The van der Waals surface area contributed by atoms with Gasteiger partial charge in [-0.3, -0.25) is 9.59 Å². The third-order valence-corrected chi connectivity index (χ3v) is 21.5. The molecule has 0 spiro atoms. The number of allylic oxidation sites excluding steroid dienone is 2. The molecule has 0 aromatic heterocycles. The number of esters is 2. The Kier molecular flexibility index (Phi) is 17.4. The Morgan fingerprint density at radius 1 is 0.532 bits per heavy atom. The molecule has 25 nitrogen and oxygen atoms in total. The second-order valence-corrected chi connectivity index (χ2v) is 26.1. The maximum atomic E-state index is 15.5. The number of ether oxygens (including phenoxy) is 8. The Morgan fingerprint density at radius 2 is 1.04 bits per heavy atom. The zero-order valence-electron chi connectivity index (χ0n) is 45.6. The van der Waals surface area contributed by atoms with E-state index >= 15 is 4.79 Å². The molecule has 29 atom stereocenters. The van der Waals surface area contributed by atoms with Gasteiger partial charge in [-0.15, -0.1) is 0 Å². The number of rotatable bonds is 12. The Hall–Kier alpha value is -2.16. The molecule has 0 amide bonds. The molecule has 9 aliphatic rings. The average molecular weight is 1140 g/mol. The van der Waals surface area contributed by atoms with E-state index in [-0.39, 0.29) is 17.8 Å². The number of hydrogen-bond acceptors (Lipinski definition) is 25. The van der Waals surface area contributed by atoms with Crippen LogP contribution in [0.15, 0.2) is 11.6 Å². The summed E-state index contributed by atoms with van der Waals surface area (Å²) in [5, 5.41) is 160. The van der Waals surface area contributed by atoms with Gasteiger partial charge < -0.3 is 114 Å². The summed E-state index contributed by atoms with van der Waals surface area (Å²) >= 11 is 0. The number of carbonyl (C=O) groups excluding carboxylic acids is 2. The first-order chi connectivity index (χ1) is 37.0. The highest BCUT2D eigenvalue weighted by Crippen LogP contribution is 2.76. The lowest BCUT2D eigenvalue weighted by Gasteiger charge is -2.71. The van der Waals surface area contributed by atoms with Gasteiger partial charge in [-0.05, 0) is 111 Å². The fourth-order valence-corrected chi connectivity index (χ4v) is 16.2. The molecule has 0 unspecified atom stereocenters. The highest BCUT2D eigenvalue weighted by molar-refractivity contribution is 5.79. The third-order valence-electron chi connectivity index (χ3n) is 21.5. The van der Waals surface area contributed by atoms with Crippen molar-refractivity contribution in [2.45, 2.75) is 235 Å². The molecule has 452 valence electrons. The number of carbonyl (C=O) groups is 2. The van der Waals surface area contributed by atoms with E-state index in [0.717, 1.165) is 5.57 Å². The van der Waals surface area contributed by atoms with Crippen molar-refractivity contribution in [3.63, 3.8) is 0 Å². The van der Waals surface area contributed by atoms with Gasteiger partial charge in [-0.25, -0.2) is 0 Å². The molecule has 15 N–H and O–H groups in total. The maximum Gasteiger partial charge on any atom is 0.317 e. The van der Waals surface area contributed by atoms with Crippen molar-refractivity contribution < 1.29 is 124 Å². The lowest BCUT2D eigenvalue weighted by Crippen LogP contribution is -2.67. The Morgan fingerprint density at radius 3 is 1.63 bits per heavy atom. The Balaban J connectivity index is 0.991. The fourth-order valence-electron chi connectivity index (χ4n) is 16.2. The van der Waals surface area contributed by atoms with Crippen molar-refractivity contribution in [3.8, 4) is 0 Å². The lowest BCUT2D eigenvalue weighted by atomic mass is 9.33. The zero-order valence-corrected chi connectivity index (χ0v) is 45.6. The van der Waals surface area contributed by atoms with Crippen LogP contribution < -0.4 is 0 Å². The number of fused-ring (bicyclic) bond motifs is 7. The minimum Gasteiger partial charge on any atom is -0.432 e. The number of hydrogen-bond donors (Lipinski definition) is 15. The summed E-state index contributed by atoms with van der Waals surface area (Å²) in [5.41, 5.74) is -3.34. The molecule has 0 radical (unpaired) electrons. The normalized spacial score (nSPS) is 53.5. The first-order valence-electron chi connectivity index (χ1n) is 28.0. The van der Waals surface area contributed by atoms with Crippen molar-refractivity contribution in [1.29, 1.82) is 0 Å². The van der Waals surface area contributed by atoms with Gasteiger partial charge in [0.1, 0.15) is 97.7 Å². The van der Waals surface area contributed by atoms with Gasteiger partial charge in [0.2, 0.25) is 12.6 Å². The molecule has 4 aliphatic heterocycles. The molecule has 0 bridgehead atoms. The highest BCUT2D eigenvalue weighted by atomic mass is 16.8. The zero-order chi connectivity index (χ0) is 57.9. The van der Waals surface area contributed by atoms with Crippen LogP contribution in [0.2, 0.25) is 0 Å². The van der Waals surface area contributed by atoms with Gasteiger partial charge in [-0.2, -0.15) is 0 Å². The minimum atomic E-state index is -2.03. The van der Waals surface area contributed by atoms with Crippen LogP contribution in [0.5, 0.6) is 0 Å². The second kappa shape index (κ2) is 22.4. The number of aliphatic hydroxyl groups is 15. The van der Waals surface area contributed by atoms with E-state index in [1.807, 2.05) is 0 Å². The van der Waals surface area contributed by atoms with Gasteiger partial charge >= 0.3 is 11.9 Å². The van der Waals surface area contributed by atoms with Crippen LogP contribution in [0, 0.1) is 50.2 Å². The summed E-state index contributed by atoms with van der Waals surface area (Å²) in [5.74, 6) is -2.42. The van der Waals surface area contributed by atoms with Crippen molar-refractivity contribution in [2.24, 2.45) is 50.2 Å². The quantitative estimate of drug-likeness (QED) is 0.0665. The Bertz CT molecular complexity index is 2220. The smallest absolute Gasteiger partial charge is 0.317 e. The van der Waals surface area contributed by atoms with Gasteiger partial charge in [0.25, 0.3) is 0 Å². The summed E-state index contributed by atoms with van der Waals surface area (Å²) in [7, 11) is 0. The molecule has 79 heavy (non-hydrogen) atoms. The molecule has 5 aliphatic carbocycles. The van der Waals surface area contributed by atoms with Crippen LogP contribution >= 0.6 is 0 Å². The molecule has 4 saturated carbocycles. The molecule has 25 heteroatoms. The predicted octanol–water partition coefficient (Wildman–Crippen LogP) is -3.54. The molecular formula is C54H86O25. The summed E-state index contributed by atoms with van der Waals surface area (Å²) in [6.45, 7) is 9.58. The minimum absolute atomic E-state index is 0.0459. The first kappa shape index (κ1) is 61.4. The van der Waals surface area contributed by atoms with E-state index in [1.165, 1.54) is 0 Å². The van der Waals surface area contributed by atoms with E-state index in [4.69, 9.17) is 37.9 Å². The molecule has 8 fully saturated rings. The summed E-state index contributed by atoms with van der Waals surface area (Å²) in [6, 6.07) is 0. The molecule has 4 saturated heterocycles. The first-order valence-corrected chi connectivity index (χ1v) is 28.0. The van der Waals surface area contributed by atoms with Gasteiger partial charge in [-0.1, -0.05) is 46.3 Å². The standard InChI is InChI=1S/C54H86O25/c1-49(2)13-15-54(48(71)79-46-41(69)42(77-44-39(67)36(64)32(60)25(19-56)74-44)34(62)27(76-46)21-72-43-38(66)35(63)31(59)24(18-55)73-43)16-14-51(4)22(23(54)17-49)7-8-28-50(3)11-10-30(58)53(6,29(50)9-12-52(28,51)5)47(70)78-45-40(68)37(65)33(61)26(20-57)75-45/h7,23-46,55-69H,8-21H2,1-6H3/t23-,24-,25-,26+,27-,28+,29-,30-,31-,32-,33-,34+,35+,36+,37-,38-,39-,40+,41-,42+,43-,44+,45-,46+,50+,51+,52+,53-,54-/m0/s1. The molecule has 4 heterocycles. The molecule has 0 aromatic rings. The fraction of sp³-hybridized carbons (Fsp3) is 0.926. The van der Waals surface area contributed by atoms with Crippen LogP contribution in [0.3, 0.4) is 0 Å². The van der Waals surface area contributed by atoms with Gasteiger partial charge in [0.05, 0.1) is 43.4 Å². The van der Waals surface area contributed by atoms with Crippen LogP contribution in [0.4, 0.5) is 0 Å². The van der Waals surface area contributed by atoms with Crippen molar-refractivity contribution in [1.82, 2.24) is 0 Å². The van der Waals surface area contributed by atoms with Crippen LogP contribution in [0.25, 0.3) is 0 Å². The van der Waals surface area contributed by atoms with Gasteiger partial charge in [0, 0.05) is 0 Å². The monoisotopic (exact) mass is 1130 g/mol. The molecular weight excluding hydrogens is 1050 g/mol.